The minimum absolute atomic E-state index is 0.0200. The number of pyridine rings is 1. The highest BCUT2D eigenvalue weighted by Crippen LogP contribution is 2.20. The number of aromatic nitrogens is 1. The van der Waals surface area contributed by atoms with Crippen molar-refractivity contribution in [2.24, 2.45) is 5.92 Å². The zero-order valence-electron chi connectivity index (χ0n) is 12.6. The zero-order chi connectivity index (χ0) is 15.2. The normalized spacial score (nSPS) is 12.0. The Balaban J connectivity index is 1.98. The minimum atomic E-state index is -0.0200. The van der Waals surface area contributed by atoms with Crippen LogP contribution in [-0.4, -0.2) is 10.9 Å². The van der Waals surface area contributed by atoms with Gasteiger partial charge in [0.05, 0.1) is 6.04 Å². The van der Waals surface area contributed by atoms with Crippen LogP contribution in [0.4, 0.5) is 11.4 Å². The molecule has 0 aliphatic rings. The Morgan fingerprint density at radius 2 is 1.71 bits per heavy atom. The fourth-order valence-corrected chi connectivity index (χ4v) is 1.90. The number of anilines is 2. The van der Waals surface area contributed by atoms with Crippen molar-refractivity contribution in [3.63, 3.8) is 0 Å². The van der Waals surface area contributed by atoms with Gasteiger partial charge in [-0.1, -0.05) is 19.9 Å². The summed E-state index contributed by atoms with van der Waals surface area (Å²) in [5.41, 5.74) is 2.96. The lowest BCUT2D eigenvalue weighted by Gasteiger charge is -2.16. The third-order valence-electron chi connectivity index (χ3n) is 3.24. The molecule has 0 saturated heterocycles. The molecule has 1 aromatic carbocycles. The standard InChI is InChI=1S/C17H21N3O/c1-12(2)17(21)20-16-8-6-15(7-9-16)19-13(3)14-5-4-10-18-11-14/h4-13,19H,1-3H3,(H,20,21). The first-order valence-corrected chi connectivity index (χ1v) is 7.13. The Morgan fingerprint density at radius 3 is 2.29 bits per heavy atom. The van der Waals surface area contributed by atoms with Crippen LogP contribution in [0, 0.1) is 5.92 Å². The van der Waals surface area contributed by atoms with Gasteiger partial charge in [0.25, 0.3) is 0 Å². The Kier molecular flexibility index (Phi) is 4.93. The maximum absolute atomic E-state index is 11.6. The van der Waals surface area contributed by atoms with Crippen LogP contribution in [0.15, 0.2) is 48.8 Å². The van der Waals surface area contributed by atoms with Crippen molar-refractivity contribution in [1.29, 1.82) is 0 Å². The molecule has 21 heavy (non-hydrogen) atoms. The van der Waals surface area contributed by atoms with E-state index in [2.05, 4.69) is 22.5 Å². The lowest BCUT2D eigenvalue weighted by Crippen LogP contribution is -2.17. The molecule has 110 valence electrons. The molecule has 0 radical (unpaired) electrons. The number of nitrogens with one attached hydrogen (secondary N) is 2. The highest BCUT2D eigenvalue weighted by Gasteiger charge is 2.08. The molecular formula is C17H21N3O. The first kappa shape index (κ1) is 15.0. The number of carbonyl (C=O) groups is 1. The van der Waals surface area contributed by atoms with E-state index in [0.29, 0.717) is 0 Å². The summed E-state index contributed by atoms with van der Waals surface area (Å²) in [5.74, 6) is 0.00726. The van der Waals surface area contributed by atoms with Crippen molar-refractivity contribution >= 4 is 17.3 Å². The number of benzene rings is 1. The fraction of sp³-hybridized carbons (Fsp3) is 0.294. The van der Waals surface area contributed by atoms with Crippen LogP contribution in [0.5, 0.6) is 0 Å². The largest absolute Gasteiger partial charge is 0.378 e. The summed E-state index contributed by atoms with van der Waals surface area (Å²) < 4.78 is 0. The lowest BCUT2D eigenvalue weighted by molar-refractivity contribution is -0.118. The molecule has 1 aromatic heterocycles. The van der Waals surface area contributed by atoms with E-state index in [9.17, 15) is 4.79 Å². The van der Waals surface area contributed by atoms with Crippen molar-refractivity contribution in [2.75, 3.05) is 10.6 Å². The summed E-state index contributed by atoms with van der Waals surface area (Å²) in [6.07, 6.45) is 3.62. The van der Waals surface area contributed by atoms with E-state index in [1.807, 2.05) is 56.4 Å². The highest BCUT2D eigenvalue weighted by molar-refractivity contribution is 5.92. The second-order valence-corrected chi connectivity index (χ2v) is 5.37. The third kappa shape index (κ3) is 4.31. The molecule has 0 bridgehead atoms. The van der Waals surface area contributed by atoms with Gasteiger partial charge in [0.2, 0.25) is 5.91 Å². The number of nitrogens with zero attached hydrogens (tertiary/aromatic N) is 1. The van der Waals surface area contributed by atoms with Crippen LogP contribution in [-0.2, 0) is 4.79 Å². The second kappa shape index (κ2) is 6.88. The fourth-order valence-electron chi connectivity index (χ4n) is 1.90. The molecule has 1 heterocycles. The molecule has 0 saturated carbocycles. The van der Waals surface area contributed by atoms with E-state index < -0.39 is 0 Å². The number of hydrogen-bond acceptors (Lipinski definition) is 3. The smallest absolute Gasteiger partial charge is 0.226 e. The van der Waals surface area contributed by atoms with Crippen LogP contribution in [0.25, 0.3) is 0 Å². The topological polar surface area (TPSA) is 54.0 Å². The average Bonchev–Trinajstić information content (AvgIpc) is 2.50. The predicted molar refractivity (Wildman–Crippen MR) is 86.2 cm³/mol. The van der Waals surface area contributed by atoms with E-state index >= 15 is 0 Å². The second-order valence-electron chi connectivity index (χ2n) is 5.37. The third-order valence-corrected chi connectivity index (χ3v) is 3.24. The molecule has 0 aliphatic heterocycles. The first-order chi connectivity index (χ1) is 10.1. The zero-order valence-corrected chi connectivity index (χ0v) is 12.6. The molecule has 4 heteroatoms. The van der Waals surface area contributed by atoms with E-state index in [-0.39, 0.29) is 17.9 Å². The van der Waals surface area contributed by atoms with Gasteiger partial charge in [-0.25, -0.2) is 0 Å². The van der Waals surface area contributed by atoms with Gasteiger partial charge < -0.3 is 10.6 Å². The number of amides is 1. The summed E-state index contributed by atoms with van der Waals surface area (Å²) in [6.45, 7) is 5.84. The Morgan fingerprint density at radius 1 is 1.05 bits per heavy atom. The van der Waals surface area contributed by atoms with Gasteiger partial charge in [-0.3, -0.25) is 9.78 Å². The number of carbonyl (C=O) groups excluding carboxylic acids is 1. The molecule has 0 aliphatic carbocycles. The van der Waals surface area contributed by atoms with Crippen LogP contribution in [0.1, 0.15) is 32.4 Å². The van der Waals surface area contributed by atoms with E-state index in [1.54, 1.807) is 6.20 Å². The molecule has 0 fully saturated rings. The van der Waals surface area contributed by atoms with Crippen LogP contribution in [0.2, 0.25) is 0 Å². The maximum atomic E-state index is 11.6. The molecule has 2 N–H and O–H groups in total. The van der Waals surface area contributed by atoms with Crippen molar-refractivity contribution in [2.45, 2.75) is 26.8 Å². The highest BCUT2D eigenvalue weighted by atomic mass is 16.1. The lowest BCUT2D eigenvalue weighted by atomic mass is 10.1. The van der Waals surface area contributed by atoms with Gasteiger partial charge in [-0.05, 0) is 42.8 Å². The first-order valence-electron chi connectivity index (χ1n) is 7.13. The van der Waals surface area contributed by atoms with E-state index in [4.69, 9.17) is 0 Å². The van der Waals surface area contributed by atoms with Gasteiger partial charge in [0.15, 0.2) is 0 Å². The quantitative estimate of drug-likeness (QED) is 0.876. The maximum Gasteiger partial charge on any atom is 0.226 e. The van der Waals surface area contributed by atoms with Gasteiger partial charge in [-0.15, -0.1) is 0 Å². The SMILES string of the molecule is CC(C)C(=O)Nc1ccc(NC(C)c2cccnc2)cc1. The van der Waals surface area contributed by atoms with Gasteiger partial charge in [0.1, 0.15) is 0 Å². The summed E-state index contributed by atoms with van der Waals surface area (Å²) in [5, 5.41) is 6.29. The Labute approximate surface area is 125 Å². The molecule has 0 spiro atoms. The summed E-state index contributed by atoms with van der Waals surface area (Å²) in [7, 11) is 0. The van der Waals surface area contributed by atoms with Crippen LogP contribution in [0.3, 0.4) is 0 Å². The van der Waals surface area contributed by atoms with Crippen molar-refractivity contribution in [3.05, 3.63) is 54.4 Å². The summed E-state index contributed by atoms with van der Waals surface area (Å²) in [4.78, 5) is 15.7. The number of hydrogen-bond donors (Lipinski definition) is 2. The Hall–Kier alpha value is -2.36. The van der Waals surface area contributed by atoms with E-state index in [0.717, 1.165) is 16.9 Å². The van der Waals surface area contributed by atoms with Gasteiger partial charge >= 0.3 is 0 Å². The van der Waals surface area contributed by atoms with Gasteiger partial charge in [-0.2, -0.15) is 0 Å². The summed E-state index contributed by atoms with van der Waals surface area (Å²) >= 11 is 0. The molecule has 1 atom stereocenters. The van der Waals surface area contributed by atoms with Crippen LogP contribution < -0.4 is 10.6 Å². The predicted octanol–water partition coefficient (Wildman–Crippen LogP) is 3.85. The molecule has 2 aromatic rings. The summed E-state index contributed by atoms with van der Waals surface area (Å²) in [6, 6.07) is 11.9. The van der Waals surface area contributed by atoms with Crippen molar-refractivity contribution in [1.82, 2.24) is 4.98 Å². The van der Waals surface area contributed by atoms with Crippen LogP contribution >= 0.6 is 0 Å². The molecule has 1 unspecified atom stereocenters. The van der Waals surface area contributed by atoms with E-state index in [1.165, 1.54) is 0 Å². The van der Waals surface area contributed by atoms with Crippen molar-refractivity contribution < 1.29 is 4.79 Å². The molecule has 2 rings (SSSR count). The molecular weight excluding hydrogens is 262 g/mol. The molecule has 4 nitrogen and oxygen atoms in total. The average molecular weight is 283 g/mol. The van der Waals surface area contributed by atoms with Gasteiger partial charge in [0, 0.05) is 29.7 Å². The van der Waals surface area contributed by atoms with Crippen molar-refractivity contribution in [3.8, 4) is 0 Å². The number of rotatable bonds is 5. The molecule has 1 amide bonds. The Bertz CT molecular complexity index is 579. The minimum Gasteiger partial charge on any atom is -0.378 e. The monoisotopic (exact) mass is 283 g/mol.